The maximum atomic E-state index is 14.5. The van der Waals surface area contributed by atoms with Crippen LogP contribution in [0.2, 0.25) is 0 Å². The van der Waals surface area contributed by atoms with Crippen LogP contribution in [0.15, 0.2) is 36.4 Å². The number of amides is 1. The number of phenols is 1. The van der Waals surface area contributed by atoms with E-state index in [9.17, 15) is 14.3 Å². The summed E-state index contributed by atoms with van der Waals surface area (Å²) in [4.78, 5) is 18.2. The first kappa shape index (κ1) is 21.6. The molecule has 3 aromatic rings. The number of nitrogens with zero attached hydrogens (tertiary/aromatic N) is 2. The van der Waals surface area contributed by atoms with Crippen LogP contribution in [0.3, 0.4) is 0 Å². The fraction of sp³-hybridized carbons (Fsp3) is 0.250. The molecule has 1 aromatic heterocycles. The summed E-state index contributed by atoms with van der Waals surface area (Å²) in [5.41, 5.74) is 22.1. The highest BCUT2D eigenvalue weighted by atomic mass is 19.1. The largest absolute Gasteiger partial charge is 0.508 e. The molecule has 7 nitrogen and oxygen atoms in total. The molecule has 7 N–H and O–H groups in total. The Kier molecular flexibility index (Phi) is 5.48. The number of nitrogens with two attached hydrogens (primary N) is 3. The number of carbonyl (C=O) groups is 1. The predicted molar refractivity (Wildman–Crippen MR) is 124 cm³/mol. The molecule has 4 rings (SSSR count). The Morgan fingerprint density at radius 3 is 2.56 bits per heavy atom. The second kappa shape index (κ2) is 8.12. The Balaban J connectivity index is 1.93. The minimum atomic E-state index is -0.693. The first-order chi connectivity index (χ1) is 15.2. The van der Waals surface area contributed by atoms with Crippen molar-refractivity contribution >= 4 is 17.4 Å². The van der Waals surface area contributed by atoms with E-state index in [1.54, 1.807) is 37.3 Å². The smallest absolute Gasteiger partial charge is 0.250 e. The molecule has 1 saturated heterocycles. The number of pyridine rings is 1. The number of carbonyl (C=O) groups excluding carboxylic acids is 1. The van der Waals surface area contributed by atoms with Crippen molar-refractivity contribution in [2.75, 3.05) is 23.7 Å². The molecular formula is C24H26FN5O2. The van der Waals surface area contributed by atoms with E-state index in [4.69, 9.17) is 17.2 Å². The lowest BCUT2D eigenvalue weighted by Crippen LogP contribution is -2.27. The number of hydrogen-bond acceptors (Lipinski definition) is 6. The molecule has 1 aliphatic rings. The predicted octanol–water partition coefficient (Wildman–Crippen LogP) is 3.10. The van der Waals surface area contributed by atoms with Crippen LogP contribution >= 0.6 is 0 Å². The molecule has 1 fully saturated rings. The lowest BCUT2D eigenvalue weighted by Gasteiger charge is -2.19. The molecule has 0 unspecified atom stereocenters. The van der Waals surface area contributed by atoms with Crippen LogP contribution in [0, 0.1) is 19.8 Å². The summed E-state index contributed by atoms with van der Waals surface area (Å²) in [6.45, 7) is 4.95. The van der Waals surface area contributed by atoms with Gasteiger partial charge in [-0.3, -0.25) is 4.79 Å². The number of phenolic OH excluding ortho intramolecular Hbond substituents is 1. The van der Waals surface area contributed by atoms with Gasteiger partial charge >= 0.3 is 0 Å². The highest BCUT2D eigenvalue weighted by Gasteiger charge is 2.23. The summed E-state index contributed by atoms with van der Waals surface area (Å²) in [5.74, 6) is -0.738. The van der Waals surface area contributed by atoms with E-state index in [0.717, 1.165) is 12.0 Å². The van der Waals surface area contributed by atoms with Gasteiger partial charge < -0.3 is 27.2 Å². The lowest BCUT2D eigenvalue weighted by atomic mass is 9.89. The third-order valence-electron chi connectivity index (χ3n) is 6.02. The van der Waals surface area contributed by atoms with Crippen LogP contribution in [0.25, 0.3) is 22.3 Å². The fourth-order valence-electron chi connectivity index (χ4n) is 4.29. The van der Waals surface area contributed by atoms with E-state index in [-0.39, 0.29) is 23.0 Å². The average Bonchev–Trinajstić information content (AvgIpc) is 3.18. The van der Waals surface area contributed by atoms with Gasteiger partial charge in [-0.1, -0.05) is 6.07 Å². The zero-order valence-corrected chi connectivity index (χ0v) is 18.0. The number of halogens is 1. The summed E-state index contributed by atoms with van der Waals surface area (Å²) in [7, 11) is 0. The molecule has 166 valence electrons. The van der Waals surface area contributed by atoms with Gasteiger partial charge in [0, 0.05) is 30.8 Å². The minimum absolute atomic E-state index is 0.0183. The zero-order chi connectivity index (χ0) is 23.2. The fourth-order valence-corrected chi connectivity index (χ4v) is 4.29. The van der Waals surface area contributed by atoms with Gasteiger partial charge in [0.15, 0.2) is 0 Å². The number of hydrogen-bond donors (Lipinski definition) is 4. The number of primary amides is 1. The van der Waals surface area contributed by atoms with E-state index in [0.29, 0.717) is 46.7 Å². The number of anilines is 2. The van der Waals surface area contributed by atoms with Crippen molar-refractivity contribution in [3.63, 3.8) is 0 Å². The summed E-state index contributed by atoms with van der Waals surface area (Å²) in [5, 5.41) is 10.3. The molecule has 2 heterocycles. The maximum absolute atomic E-state index is 14.5. The molecule has 2 aromatic carbocycles. The Hall–Kier alpha value is -3.65. The normalized spacial score (nSPS) is 15.9. The van der Waals surface area contributed by atoms with Crippen LogP contribution in [-0.2, 0) is 0 Å². The van der Waals surface area contributed by atoms with Gasteiger partial charge in [-0.25, -0.2) is 4.98 Å². The SMILES string of the molecule is Cc1ccc(O)c(C)c1-c1cc(-c2cc(F)nc(N3CC[C@@H](N)C3)c2)cc(C(N)=O)c1N. The van der Waals surface area contributed by atoms with E-state index >= 15 is 0 Å². The number of nitrogen functional groups attached to an aromatic ring is 1. The molecule has 1 aliphatic heterocycles. The quantitative estimate of drug-likeness (QED) is 0.368. The Labute approximate surface area is 185 Å². The minimum Gasteiger partial charge on any atom is -0.508 e. The Bertz CT molecular complexity index is 1230. The molecule has 0 aliphatic carbocycles. The number of rotatable bonds is 4. The monoisotopic (exact) mass is 435 g/mol. The topological polar surface area (TPSA) is 131 Å². The van der Waals surface area contributed by atoms with Crippen molar-refractivity contribution in [2.45, 2.75) is 26.3 Å². The highest BCUT2D eigenvalue weighted by molar-refractivity contribution is 6.04. The van der Waals surface area contributed by atoms with Crippen LogP contribution in [0.4, 0.5) is 15.9 Å². The third kappa shape index (κ3) is 3.85. The van der Waals surface area contributed by atoms with Crippen molar-refractivity contribution in [1.82, 2.24) is 4.98 Å². The van der Waals surface area contributed by atoms with Crippen molar-refractivity contribution in [1.29, 1.82) is 0 Å². The summed E-state index contributed by atoms with van der Waals surface area (Å²) in [6.07, 6.45) is 0.807. The van der Waals surface area contributed by atoms with Crippen molar-refractivity contribution in [2.24, 2.45) is 11.5 Å². The van der Waals surface area contributed by atoms with E-state index in [1.807, 2.05) is 11.8 Å². The summed E-state index contributed by atoms with van der Waals surface area (Å²) < 4.78 is 14.5. The van der Waals surface area contributed by atoms with E-state index in [1.165, 1.54) is 6.07 Å². The van der Waals surface area contributed by atoms with Gasteiger partial charge in [0.05, 0.1) is 11.3 Å². The van der Waals surface area contributed by atoms with Gasteiger partial charge in [-0.2, -0.15) is 4.39 Å². The lowest BCUT2D eigenvalue weighted by molar-refractivity contribution is 0.100. The maximum Gasteiger partial charge on any atom is 0.250 e. The number of aromatic nitrogens is 1. The number of aryl methyl sites for hydroxylation is 1. The molecule has 1 atom stereocenters. The van der Waals surface area contributed by atoms with E-state index in [2.05, 4.69) is 4.98 Å². The van der Waals surface area contributed by atoms with Crippen molar-refractivity contribution < 1.29 is 14.3 Å². The first-order valence-corrected chi connectivity index (χ1v) is 10.4. The molecule has 32 heavy (non-hydrogen) atoms. The van der Waals surface area contributed by atoms with Gasteiger partial charge in [0.1, 0.15) is 11.6 Å². The second-order valence-electron chi connectivity index (χ2n) is 8.28. The van der Waals surface area contributed by atoms with Crippen LogP contribution < -0.4 is 22.1 Å². The molecule has 1 amide bonds. The van der Waals surface area contributed by atoms with Crippen LogP contribution in [-0.4, -0.2) is 35.1 Å². The Morgan fingerprint density at radius 1 is 1.19 bits per heavy atom. The zero-order valence-electron chi connectivity index (χ0n) is 18.0. The number of aromatic hydroxyl groups is 1. The molecular weight excluding hydrogens is 409 g/mol. The molecule has 0 spiro atoms. The molecule has 0 saturated carbocycles. The van der Waals surface area contributed by atoms with Crippen molar-refractivity contribution in [3.05, 3.63) is 59.0 Å². The molecule has 0 bridgehead atoms. The van der Waals surface area contributed by atoms with Gasteiger partial charge in [0.2, 0.25) is 5.95 Å². The van der Waals surface area contributed by atoms with Crippen LogP contribution in [0.1, 0.15) is 27.9 Å². The highest BCUT2D eigenvalue weighted by Crippen LogP contribution is 2.40. The standard InChI is InChI=1S/C24H26FN5O2/c1-12-3-4-19(31)13(2)22(12)17-7-14(8-18(23(17)27)24(28)32)15-9-20(25)29-21(10-15)30-6-5-16(26)11-30/h3-4,7-10,16,31H,5-6,11,26-27H2,1-2H3,(H2,28,32)/t16-/m1/s1. The third-order valence-corrected chi connectivity index (χ3v) is 6.02. The number of benzene rings is 2. The van der Waals surface area contributed by atoms with Gasteiger partial charge in [-0.15, -0.1) is 0 Å². The summed E-state index contributed by atoms with van der Waals surface area (Å²) in [6, 6.07) is 9.81. The Morgan fingerprint density at radius 2 is 1.91 bits per heavy atom. The molecule has 8 heteroatoms. The second-order valence-corrected chi connectivity index (χ2v) is 8.28. The van der Waals surface area contributed by atoms with Gasteiger partial charge in [0.25, 0.3) is 5.91 Å². The van der Waals surface area contributed by atoms with Crippen LogP contribution in [0.5, 0.6) is 5.75 Å². The van der Waals surface area contributed by atoms with E-state index < -0.39 is 11.9 Å². The molecule has 0 radical (unpaired) electrons. The summed E-state index contributed by atoms with van der Waals surface area (Å²) >= 11 is 0. The van der Waals surface area contributed by atoms with Crippen molar-refractivity contribution in [3.8, 4) is 28.0 Å². The average molecular weight is 436 g/mol. The van der Waals surface area contributed by atoms with Gasteiger partial charge in [-0.05, 0) is 72.4 Å². The first-order valence-electron chi connectivity index (χ1n) is 10.4.